The quantitative estimate of drug-likeness (QED) is 0.604. The maximum atomic E-state index is 13.2. The molecular weight excluding hydrogens is 440 g/mol. The van der Waals surface area contributed by atoms with Gasteiger partial charge >= 0.3 is 0 Å². The first-order valence-electron chi connectivity index (χ1n) is 11.2. The van der Waals surface area contributed by atoms with E-state index in [0.717, 1.165) is 17.5 Å². The highest BCUT2D eigenvalue weighted by Gasteiger charge is 2.34. The Bertz CT molecular complexity index is 1110. The minimum Gasteiger partial charge on any atom is -0.349 e. The summed E-state index contributed by atoms with van der Waals surface area (Å²) in [6.07, 6.45) is 1.50. The molecule has 0 aliphatic carbocycles. The lowest BCUT2D eigenvalue weighted by Gasteiger charge is -2.23. The third kappa shape index (κ3) is 6.58. The van der Waals surface area contributed by atoms with Crippen molar-refractivity contribution in [2.75, 3.05) is 6.54 Å². The Hall–Kier alpha value is -2.84. The van der Waals surface area contributed by atoms with Crippen LogP contribution in [0.5, 0.6) is 0 Å². The highest BCUT2D eigenvalue weighted by Crippen LogP contribution is 2.21. The Balaban J connectivity index is 1.83. The summed E-state index contributed by atoms with van der Waals surface area (Å²) in [7, 11) is -3.92. The molecule has 2 aromatic carbocycles. The molecule has 2 bridgehead atoms. The summed E-state index contributed by atoms with van der Waals surface area (Å²) in [5.41, 5.74) is 1.98. The number of hydrogen-bond acceptors (Lipinski definition) is 5. The van der Waals surface area contributed by atoms with Crippen molar-refractivity contribution in [1.29, 1.82) is 0 Å². The number of hydrogen-bond donors (Lipinski definition) is 2. The zero-order chi connectivity index (χ0) is 24.0. The van der Waals surface area contributed by atoms with E-state index in [4.69, 9.17) is 0 Å². The molecule has 0 saturated heterocycles. The number of Topliss-reactive ketones (excluding diaryl/α,β-unsaturated/α-hetero) is 2. The normalized spacial score (nSPS) is 18.3. The molecule has 2 aromatic rings. The van der Waals surface area contributed by atoms with E-state index in [1.807, 2.05) is 24.3 Å². The molecular formula is C25H30N2O5S. The van der Waals surface area contributed by atoms with Gasteiger partial charge in [-0.2, -0.15) is 0 Å². The van der Waals surface area contributed by atoms with E-state index in [9.17, 15) is 22.8 Å². The zero-order valence-corrected chi connectivity index (χ0v) is 19.7. The van der Waals surface area contributed by atoms with Gasteiger partial charge in [-0.15, -0.1) is 0 Å². The van der Waals surface area contributed by atoms with E-state index < -0.39 is 39.5 Å². The number of ketones is 2. The molecule has 2 N–H and O–H groups in total. The maximum Gasteiger partial charge on any atom is 0.287 e. The van der Waals surface area contributed by atoms with E-state index in [-0.39, 0.29) is 23.7 Å². The Labute approximate surface area is 195 Å². The van der Waals surface area contributed by atoms with Crippen molar-refractivity contribution in [1.82, 2.24) is 10.0 Å². The van der Waals surface area contributed by atoms with E-state index in [2.05, 4.69) is 10.0 Å². The van der Waals surface area contributed by atoms with Gasteiger partial charge in [-0.25, -0.2) is 13.1 Å². The molecule has 2 unspecified atom stereocenters. The fraction of sp³-hybridized carbons (Fsp3) is 0.400. The number of amides is 1. The number of rotatable bonds is 7. The number of fused-ring (bicyclic) bond motifs is 2. The lowest BCUT2D eigenvalue weighted by Crippen LogP contribution is -2.46. The van der Waals surface area contributed by atoms with Crippen LogP contribution in [0.3, 0.4) is 0 Å². The van der Waals surface area contributed by atoms with Gasteiger partial charge in [-0.05, 0) is 48.4 Å². The molecule has 33 heavy (non-hydrogen) atoms. The van der Waals surface area contributed by atoms with Gasteiger partial charge in [-0.3, -0.25) is 14.4 Å². The predicted molar refractivity (Wildman–Crippen MR) is 125 cm³/mol. The van der Waals surface area contributed by atoms with Crippen molar-refractivity contribution >= 4 is 27.5 Å². The molecule has 0 fully saturated rings. The standard InChI is InChI=1S/C25H30N2O5S/c1-17(2)23(27-33(31,32)21-11-4-3-5-12-21)22(28)16-20-15-19-9-6-8-18(14-19)10-7-13-26-25(30)24(20)29/h3-6,8-9,11-12,14,17,20,23,27H,7,10,13,15-16H2,1-2H3,(H,26,30). The summed E-state index contributed by atoms with van der Waals surface area (Å²) >= 11 is 0. The van der Waals surface area contributed by atoms with E-state index in [1.54, 1.807) is 32.0 Å². The molecule has 1 aliphatic rings. The molecule has 1 heterocycles. The van der Waals surface area contributed by atoms with Crippen molar-refractivity contribution in [3.8, 4) is 0 Å². The molecule has 0 spiro atoms. The number of carbonyl (C=O) groups is 3. The molecule has 3 rings (SSSR count). The molecule has 1 amide bonds. The minimum absolute atomic E-state index is 0.0608. The number of aryl methyl sites for hydroxylation is 1. The van der Waals surface area contributed by atoms with Gasteiger partial charge in [0.25, 0.3) is 5.91 Å². The van der Waals surface area contributed by atoms with Crippen LogP contribution in [0.15, 0.2) is 59.5 Å². The fourth-order valence-electron chi connectivity index (χ4n) is 4.00. The first-order valence-corrected chi connectivity index (χ1v) is 12.7. The Morgan fingerprint density at radius 3 is 2.45 bits per heavy atom. The van der Waals surface area contributed by atoms with Crippen LogP contribution in [0.4, 0.5) is 0 Å². The van der Waals surface area contributed by atoms with Crippen LogP contribution in [0.25, 0.3) is 0 Å². The zero-order valence-electron chi connectivity index (χ0n) is 18.9. The monoisotopic (exact) mass is 470 g/mol. The van der Waals surface area contributed by atoms with Crippen molar-refractivity contribution in [2.24, 2.45) is 11.8 Å². The summed E-state index contributed by atoms with van der Waals surface area (Å²) in [5, 5.41) is 2.64. The fourth-order valence-corrected chi connectivity index (χ4v) is 5.39. The van der Waals surface area contributed by atoms with E-state index in [1.165, 1.54) is 12.1 Å². The second-order valence-electron chi connectivity index (χ2n) is 8.77. The van der Waals surface area contributed by atoms with Gasteiger partial charge in [0.2, 0.25) is 15.8 Å². The average Bonchev–Trinajstić information content (AvgIpc) is 2.80. The molecule has 1 aliphatic heterocycles. The van der Waals surface area contributed by atoms with Gasteiger partial charge in [0.1, 0.15) is 0 Å². The third-order valence-corrected chi connectivity index (χ3v) is 7.25. The molecule has 0 saturated carbocycles. The van der Waals surface area contributed by atoms with Crippen molar-refractivity contribution in [2.45, 2.75) is 50.5 Å². The van der Waals surface area contributed by atoms with Gasteiger partial charge in [-0.1, -0.05) is 56.3 Å². The van der Waals surface area contributed by atoms with Crippen LogP contribution in [-0.2, 0) is 37.2 Å². The third-order valence-electron chi connectivity index (χ3n) is 5.79. The SMILES string of the molecule is CC(C)C(NS(=O)(=O)c1ccccc1)C(=O)CC1Cc2cccc(c2)CCCNC(=O)C1=O. The van der Waals surface area contributed by atoms with Crippen LogP contribution in [0.1, 0.15) is 37.8 Å². The van der Waals surface area contributed by atoms with E-state index in [0.29, 0.717) is 13.0 Å². The van der Waals surface area contributed by atoms with Crippen molar-refractivity contribution in [3.05, 3.63) is 65.7 Å². The topological polar surface area (TPSA) is 109 Å². The highest BCUT2D eigenvalue weighted by molar-refractivity contribution is 7.89. The molecule has 8 heteroatoms. The summed E-state index contributed by atoms with van der Waals surface area (Å²) < 4.78 is 28.1. The molecule has 0 radical (unpaired) electrons. The van der Waals surface area contributed by atoms with Gasteiger partial charge in [0.15, 0.2) is 5.78 Å². The number of sulfonamides is 1. The number of benzene rings is 2. The maximum absolute atomic E-state index is 13.2. The van der Waals surface area contributed by atoms with Gasteiger partial charge in [0.05, 0.1) is 10.9 Å². The highest BCUT2D eigenvalue weighted by atomic mass is 32.2. The summed E-state index contributed by atoms with van der Waals surface area (Å²) in [5.74, 6) is -2.97. The number of nitrogens with one attached hydrogen (secondary N) is 2. The van der Waals surface area contributed by atoms with Crippen LogP contribution in [0, 0.1) is 11.8 Å². The second-order valence-corrected chi connectivity index (χ2v) is 10.5. The summed E-state index contributed by atoms with van der Waals surface area (Å²) in [6.45, 7) is 3.86. The molecule has 7 nitrogen and oxygen atoms in total. The largest absolute Gasteiger partial charge is 0.349 e. The molecule has 176 valence electrons. The van der Waals surface area contributed by atoms with Crippen LogP contribution in [-0.4, -0.2) is 38.5 Å². The Morgan fingerprint density at radius 1 is 1.06 bits per heavy atom. The van der Waals surface area contributed by atoms with Gasteiger partial charge < -0.3 is 5.32 Å². The summed E-state index contributed by atoms with van der Waals surface area (Å²) in [6, 6.07) is 14.6. The Kier molecular flexibility index (Phi) is 8.15. The lowest BCUT2D eigenvalue weighted by atomic mass is 9.86. The summed E-state index contributed by atoms with van der Waals surface area (Å²) in [4.78, 5) is 38.6. The predicted octanol–water partition coefficient (Wildman–Crippen LogP) is 2.44. The van der Waals surface area contributed by atoms with Gasteiger partial charge in [0, 0.05) is 18.9 Å². The van der Waals surface area contributed by atoms with E-state index >= 15 is 0 Å². The smallest absolute Gasteiger partial charge is 0.287 e. The second kappa shape index (κ2) is 10.9. The average molecular weight is 471 g/mol. The first-order chi connectivity index (χ1) is 15.7. The number of carbonyl (C=O) groups excluding carboxylic acids is 3. The lowest BCUT2D eigenvalue weighted by molar-refractivity contribution is -0.141. The minimum atomic E-state index is -3.92. The van der Waals surface area contributed by atoms with Crippen LogP contribution < -0.4 is 10.0 Å². The Morgan fingerprint density at radius 2 is 1.76 bits per heavy atom. The first kappa shape index (κ1) is 24.8. The van der Waals surface area contributed by atoms with Crippen molar-refractivity contribution in [3.63, 3.8) is 0 Å². The van der Waals surface area contributed by atoms with Crippen LogP contribution in [0.2, 0.25) is 0 Å². The molecule has 2 atom stereocenters. The molecule has 0 aromatic heterocycles. The van der Waals surface area contributed by atoms with Crippen molar-refractivity contribution < 1.29 is 22.8 Å². The van der Waals surface area contributed by atoms with Crippen LogP contribution >= 0.6 is 0 Å².